The predicted molar refractivity (Wildman–Crippen MR) is 67.3 cm³/mol. The molecule has 0 aromatic carbocycles. The van der Waals surface area contributed by atoms with Crippen LogP contribution < -0.4 is 10.1 Å². The van der Waals surface area contributed by atoms with Gasteiger partial charge in [-0.1, -0.05) is 19.3 Å². The molecule has 1 heterocycles. The minimum Gasteiger partial charge on any atom is -0.495 e. The standard InChI is InChI=1S/C13H20N2O2/c1-17-11-5-6-12(14-9-11)15-10-13(16)7-3-2-4-8-13/h5-6,9,16H,2-4,7-8,10H2,1H3,(H,14,15). The molecule has 94 valence electrons. The first-order valence-corrected chi connectivity index (χ1v) is 6.18. The number of aliphatic hydroxyl groups is 1. The molecule has 0 saturated heterocycles. The molecule has 1 aliphatic rings. The number of nitrogens with zero attached hydrogens (tertiary/aromatic N) is 1. The van der Waals surface area contributed by atoms with Crippen LogP contribution in [0.2, 0.25) is 0 Å². The monoisotopic (exact) mass is 236 g/mol. The average molecular weight is 236 g/mol. The summed E-state index contributed by atoms with van der Waals surface area (Å²) in [6, 6.07) is 3.73. The summed E-state index contributed by atoms with van der Waals surface area (Å²) in [6.07, 6.45) is 6.92. The van der Waals surface area contributed by atoms with E-state index in [1.807, 2.05) is 12.1 Å². The molecule has 1 aromatic heterocycles. The van der Waals surface area contributed by atoms with Gasteiger partial charge in [0.25, 0.3) is 0 Å². The second kappa shape index (κ2) is 5.36. The maximum absolute atomic E-state index is 10.3. The summed E-state index contributed by atoms with van der Waals surface area (Å²) >= 11 is 0. The van der Waals surface area contributed by atoms with Crippen LogP contribution in [0.1, 0.15) is 32.1 Å². The Kier molecular flexibility index (Phi) is 3.84. The summed E-state index contributed by atoms with van der Waals surface area (Å²) in [7, 11) is 1.62. The van der Waals surface area contributed by atoms with E-state index >= 15 is 0 Å². The number of aromatic nitrogens is 1. The normalized spacial score (nSPS) is 18.7. The second-order valence-corrected chi connectivity index (χ2v) is 4.72. The lowest BCUT2D eigenvalue weighted by atomic mass is 9.85. The van der Waals surface area contributed by atoms with Crippen molar-refractivity contribution >= 4 is 5.82 Å². The lowest BCUT2D eigenvalue weighted by Gasteiger charge is -2.32. The number of hydrogen-bond acceptors (Lipinski definition) is 4. The lowest BCUT2D eigenvalue weighted by molar-refractivity contribution is 0.0166. The van der Waals surface area contributed by atoms with E-state index in [9.17, 15) is 5.11 Å². The third-order valence-electron chi connectivity index (χ3n) is 3.35. The molecule has 0 amide bonds. The van der Waals surface area contributed by atoms with E-state index in [0.29, 0.717) is 6.54 Å². The Hall–Kier alpha value is -1.29. The van der Waals surface area contributed by atoms with Gasteiger partial charge in [0, 0.05) is 6.54 Å². The second-order valence-electron chi connectivity index (χ2n) is 4.72. The van der Waals surface area contributed by atoms with Gasteiger partial charge < -0.3 is 15.2 Å². The molecule has 1 saturated carbocycles. The fraction of sp³-hybridized carbons (Fsp3) is 0.615. The summed E-state index contributed by atoms with van der Waals surface area (Å²) in [5.74, 6) is 1.52. The maximum atomic E-state index is 10.3. The summed E-state index contributed by atoms with van der Waals surface area (Å²) in [4.78, 5) is 4.22. The van der Waals surface area contributed by atoms with Crippen LogP contribution in [0.5, 0.6) is 5.75 Å². The molecule has 17 heavy (non-hydrogen) atoms. The summed E-state index contributed by atoms with van der Waals surface area (Å²) < 4.78 is 5.04. The molecule has 1 fully saturated rings. The van der Waals surface area contributed by atoms with Crippen LogP contribution in [0, 0.1) is 0 Å². The van der Waals surface area contributed by atoms with E-state index in [1.165, 1.54) is 6.42 Å². The predicted octanol–water partition coefficient (Wildman–Crippen LogP) is 2.20. The van der Waals surface area contributed by atoms with Gasteiger partial charge in [-0.05, 0) is 25.0 Å². The van der Waals surface area contributed by atoms with Crippen molar-refractivity contribution in [3.05, 3.63) is 18.3 Å². The van der Waals surface area contributed by atoms with Gasteiger partial charge >= 0.3 is 0 Å². The summed E-state index contributed by atoms with van der Waals surface area (Å²) in [5, 5.41) is 13.5. The van der Waals surface area contributed by atoms with Crippen molar-refractivity contribution in [3.63, 3.8) is 0 Å². The molecule has 1 aromatic rings. The SMILES string of the molecule is COc1ccc(NCC2(O)CCCCC2)nc1. The molecule has 0 radical (unpaired) electrons. The van der Waals surface area contributed by atoms with Gasteiger partial charge in [0.15, 0.2) is 0 Å². The van der Waals surface area contributed by atoms with Crippen LogP contribution in [-0.4, -0.2) is 29.3 Å². The first-order chi connectivity index (χ1) is 8.22. The van der Waals surface area contributed by atoms with E-state index in [0.717, 1.165) is 37.3 Å². The first kappa shape index (κ1) is 12.2. The molecular weight excluding hydrogens is 216 g/mol. The highest BCUT2D eigenvalue weighted by Gasteiger charge is 2.28. The fourth-order valence-electron chi connectivity index (χ4n) is 2.25. The van der Waals surface area contributed by atoms with E-state index in [4.69, 9.17) is 4.74 Å². The Morgan fingerprint density at radius 3 is 2.71 bits per heavy atom. The molecule has 2 rings (SSSR count). The largest absolute Gasteiger partial charge is 0.495 e. The zero-order valence-electron chi connectivity index (χ0n) is 10.3. The highest BCUT2D eigenvalue weighted by atomic mass is 16.5. The van der Waals surface area contributed by atoms with Crippen LogP contribution in [0.4, 0.5) is 5.82 Å². The molecular formula is C13H20N2O2. The zero-order chi connectivity index (χ0) is 12.1. The molecule has 0 bridgehead atoms. The Morgan fingerprint density at radius 1 is 1.35 bits per heavy atom. The molecule has 0 atom stereocenters. The third-order valence-corrected chi connectivity index (χ3v) is 3.35. The van der Waals surface area contributed by atoms with E-state index in [1.54, 1.807) is 13.3 Å². The fourth-order valence-corrected chi connectivity index (χ4v) is 2.25. The molecule has 0 aliphatic heterocycles. The van der Waals surface area contributed by atoms with Crippen molar-refractivity contribution in [1.82, 2.24) is 4.98 Å². The maximum Gasteiger partial charge on any atom is 0.137 e. The highest BCUT2D eigenvalue weighted by molar-refractivity contribution is 5.37. The van der Waals surface area contributed by atoms with Crippen LogP contribution in [-0.2, 0) is 0 Å². The topological polar surface area (TPSA) is 54.4 Å². The van der Waals surface area contributed by atoms with Crippen molar-refractivity contribution < 1.29 is 9.84 Å². The van der Waals surface area contributed by atoms with E-state index < -0.39 is 5.60 Å². The molecule has 2 N–H and O–H groups in total. The van der Waals surface area contributed by atoms with Crippen molar-refractivity contribution in [1.29, 1.82) is 0 Å². The number of hydrogen-bond donors (Lipinski definition) is 2. The van der Waals surface area contributed by atoms with Crippen LogP contribution in [0.15, 0.2) is 18.3 Å². The minimum atomic E-state index is -0.556. The first-order valence-electron chi connectivity index (χ1n) is 6.18. The van der Waals surface area contributed by atoms with Gasteiger partial charge in [-0.25, -0.2) is 4.98 Å². The molecule has 1 aliphatic carbocycles. The van der Waals surface area contributed by atoms with Crippen molar-refractivity contribution in [3.8, 4) is 5.75 Å². The Labute approximate surface area is 102 Å². The number of nitrogens with one attached hydrogen (secondary N) is 1. The third kappa shape index (κ3) is 3.33. The minimum absolute atomic E-state index is 0.556. The quantitative estimate of drug-likeness (QED) is 0.841. The van der Waals surface area contributed by atoms with Gasteiger partial charge in [0.05, 0.1) is 18.9 Å². The number of rotatable bonds is 4. The van der Waals surface area contributed by atoms with Crippen molar-refractivity contribution in [2.45, 2.75) is 37.7 Å². The van der Waals surface area contributed by atoms with Crippen LogP contribution in [0.3, 0.4) is 0 Å². The Morgan fingerprint density at radius 2 is 2.12 bits per heavy atom. The number of methoxy groups -OCH3 is 1. The summed E-state index contributed by atoms with van der Waals surface area (Å²) in [5.41, 5.74) is -0.556. The van der Waals surface area contributed by atoms with Gasteiger partial charge in [0.1, 0.15) is 11.6 Å². The van der Waals surface area contributed by atoms with Crippen molar-refractivity contribution in [2.24, 2.45) is 0 Å². The van der Waals surface area contributed by atoms with E-state index in [-0.39, 0.29) is 0 Å². The van der Waals surface area contributed by atoms with Gasteiger partial charge in [0.2, 0.25) is 0 Å². The van der Waals surface area contributed by atoms with Crippen molar-refractivity contribution in [2.75, 3.05) is 19.0 Å². The summed E-state index contributed by atoms with van der Waals surface area (Å²) in [6.45, 7) is 0.576. The smallest absolute Gasteiger partial charge is 0.137 e. The molecule has 4 heteroatoms. The lowest BCUT2D eigenvalue weighted by Crippen LogP contribution is -2.38. The molecule has 0 spiro atoms. The molecule has 0 unspecified atom stereocenters. The Bertz CT molecular complexity index is 345. The van der Waals surface area contributed by atoms with Crippen LogP contribution >= 0.6 is 0 Å². The van der Waals surface area contributed by atoms with E-state index in [2.05, 4.69) is 10.3 Å². The number of anilines is 1. The van der Waals surface area contributed by atoms with Gasteiger partial charge in [-0.3, -0.25) is 0 Å². The molecule has 4 nitrogen and oxygen atoms in total. The zero-order valence-corrected chi connectivity index (χ0v) is 10.3. The number of pyridine rings is 1. The highest BCUT2D eigenvalue weighted by Crippen LogP contribution is 2.28. The average Bonchev–Trinajstić information content (AvgIpc) is 2.38. The van der Waals surface area contributed by atoms with Gasteiger partial charge in [-0.15, -0.1) is 0 Å². The van der Waals surface area contributed by atoms with Gasteiger partial charge in [-0.2, -0.15) is 0 Å². The van der Waals surface area contributed by atoms with Crippen LogP contribution in [0.25, 0.3) is 0 Å². The Balaban J connectivity index is 1.87. The number of ether oxygens (including phenoxy) is 1.